The van der Waals surface area contributed by atoms with Crippen molar-refractivity contribution in [3.63, 3.8) is 0 Å². The first kappa shape index (κ1) is 10.6. The van der Waals surface area contributed by atoms with Crippen LogP contribution < -0.4 is 0 Å². The lowest BCUT2D eigenvalue weighted by Crippen LogP contribution is -1.80. The zero-order valence-electron chi connectivity index (χ0n) is 7.10. The Kier molecular flexibility index (Phi) is 4.32. The van der Waals surface area contributed by atoms with E-state index in [1.165, 1.54) is 6.07 Å². The molecule has 0 unspecified atom stereocenters. The van der Waals surface area contributed by atoms with Crippen LogP contribution in [-0.2, 0) is 0 Å². The largest absolute Gasteiger partial charge is 0.508 e. The molecule has 0 fully saturated rings. The van der Waals surface area contributed by atoms with Crippen molar-refractivity contribution in [3.8, 4) is 11.5 Å². The Bertz CT molecular complexity index is 256. The molecule has 0 bridgehead atoms. The van der Waals surface area contributed by atoms with Gasteiger partial charge in [0.1, 0.15) is 11.5 Å². The SMILES string of the molecule is Oc1cc(O)cc(SCCCS)c1. The van der Waals surface area contributed by atoms with E-state index in [9.17, 15) is 0 Å². The summed E-state index contributed by atoms with van der Waals surface area (Å²) in [4.78, 5) is 0.888. The van der Waals surface area contributed by atoms with Gasteiger partial charge in [0.05, 0.1) is 0 Å². The van der Waals surface area contributed by atoms with Gasteiger partial charge in [-0.25, -0.2) is 0 Å². The van der Waals surface area contributed by atoms with Gasteiger partial charge in [0.15, 0.2) is 0 Å². The lowest BCUT2D eigenvalue weighted by atomic mass is 10.3. The quantitative estimate of drug-likeness (QED) is 0.411. The van der Waals surface area contributed by atoms with E-state index >= 15 is 0 Å². The van der Waals surface area contributed by atoms with Crippen molar-refractivity contribution in [3.05, 3.63) is 18.2 Å². The topological polar surface area (TPSA) is 40.5 Å². The molecule has 2 nitrogen and oxygen atoms in total. The molecule has 1 aromatic rings. The highest BCUT2D eigenvalue weighted by Crippen LogP contribution is 2.28. The summed E-state index contributed by atoms with van der Waals surface area (Å²) in [6.07, 6.45) is 1.02. The number of phenolic OH excluding ortho intramolecular Hbond substituents is 2. The first-order chi connectivity index (χ1) is 6.22. The highest BCUT2D eigenvalue weighted by atomic mass is 32.2. The van der Waals surface area contributed by atoms with Gasteiger partial charge in [-0.3, -0.25) is 0 Å². The van der Waals surface area contributed by atoms with Gasteiger partial charge < -0.3 is 10.2 Å². The van der Waals surface area contributed by atoms with E-state index in [1.807, 2.05) is 0 Å². The normalized spacial score (nSPS) is 10.2. The molecule has 2 N–H and O–H groups in total. The van der Waals surface area contributed by atoms with Gasteiger partial charge in [-0.1, -0.05) is 0 Å². The van der Waals surface area contributed by atoms with Crippen LogP contribution in [0, 0.1) is 0 Å². The van der Waals surface area contributed by atoms with Crippen LogP contribution in [0.25, 0.3) is 0 Å². The molecule has 0 spiro atoms. The number of rotatable bonds is 4. The van der Waals surface area contributed by atoms with Gasteiger partial charge in [0, 0.05) is 11.0 Å². The minimum atomic E-state index is 0.105. The predicted octanol–water partition coefficient (Wildman–Crippen LogP) is 2.51. The van der Waals surface area contributed by atoms with Crippen LogP contribution in [0.1, 0.15) is 6.42 Å². The van der Waals surface area contributed by atoms with Crippen molar-refractivity contribution in [2.75, 3.05) is 11.5 Å². The summed E-state index contributed by atoms with van der Waals surface area (Å²) in [6, 6.07) is 4.61. The molecule has 4 heteroatoms. The zero-order chi connectivity index (χ0) is 9.68. The maximum absolute atomic E-state index is 9.16. The van der Waals surface area contributed by atoms with E-state index in [4.69, 9.17) is 10.2 Å². The second kappa shape index (κ2) is 5.29. The van der Waals surface area contributed by atoms with Crippen LogP contribution in [0.3, 0.4) is 0 Å². The van der Waals surface area contributed by atoms with E-state index in [-0.39, 0.29) is 11.5 Å². The van der Waals surface area contributed by atoms with Crippen molar-refractivity contribution >= 4 is 24.4 Å². The highest BCUT2D eigenvalue weighted by Gasteiger charge is 1.98. The summed E-state index contributed by atoms with van der Waals surface area (Å²) in [6.45, 7) is 0. The van der Waals surface area contributed by atoms with Gasteiger partial charge in [-0.2, -0.15) is 12.6 Å². The molecule has 0 aliphatic carbocycles. The fourth-order valence-electron chi connectivity index (χ4n) is 0.906. The third kappa shape index (κ3) is 3.83. The number of thioether (sulfide) groups is 1. The van der Waals surface area contributed by atoms with Crippen molar-refractivity contribution in [2.24, 2.45) is 0 Å². The van der Waals surface area contributed by atoms with Gasteiger partial charge >= 0.3 is 0 Å². The van der Waals surface area contributed by atoms with E-state index < -0.39 is 0 Å². The van der Waals surface area contributed by atoms with Gasteiger partial charge in [0.2, 0.25) is 0 Å². The minimum absolute atomic E-state index is 0.105. The lowest BCUT2D eigenvalue weighted by Gasteiger charge is -2.02. The third-order valence-corrected chi connectivity index (χ3v) is 2.83. The van der Waals surface area contributed by atoms with E-state index in [2.05, 4.69) is 12.6 Å². The summed E-state index contributed by atoms with van der Waals surface area (Å²) in [7, 11) is 0. The van der Waals surface area contributed by atoms with E-state index in [0.717, 1.165) is 22.8 Å². The van der Waals surface area contributed by atoms with Gasteiger partial charge in [-0.15, -0.1) is 11.8 Å². The van der Waals surface area contributed by atoms with Crippen LogP contribution >= 0.6 is 24.4 Å². The molecule has 1 aromatic carbocycles. The van der Waals surface area contributed by atoms with E-state index in [1.54, 1.807) is 23.9 Å². The molecule has 13 heavy (non-hydrogen) atoms. The fourth-order valence-corrected chi connectivity index (χ4v) is 2.21. The maximum atomic E-state index is 9.16. The van der Waals surface area contributed by atoms with Crippen LogP contribution in [0.15, 0.2) is 23.1 Å². The predicted molar refractivity (Wildman–Crippen MR) is 59.0 cm³/mol. The van der Waals surface area contributed by atoms with Crippen molar-refractivity contribution in [1.29, 1.82) is 0 Å². The fraction of sp³-hybridized carbons (Fsp3) is 0.333. The second-order valence-corrected chi connectivity index (χ2v) is 4.23. The summed E-state index contributed by atoms with van der Waals surface area (Å²) >= 11 is 5.70. The number of hydrogen-bond acceptors (Lipinski definition) is 4. The molecule has 0 amide bonds. The molecule has 0 saturated carbocycles. The average Bonchev–Trinajstić information content (AvgIpc) is 2.03. The van der Waals surface area contributed by atoms with Crippen molar-refractivity contribution < 1.29 is 10.2 Å². The molecular formula is C9H12O2S2. The summed E-state index contributed by atoms with van der Waals surface area (Å²) in [5.74, 6) is 2.02. The lowest BCUT2D eigenvalue weighted by molar-refractivity contribution is 0.448. The first-order valence-electron chi connectivity index (χ1n) is 3.99. The number of aromatic hydroxyl groups is 2. The van der Waals surface area contributed by atoms with Gasteiger partial charge in [-0.05, 0) is 30.1 Å². The Morgan fingerprint density at radius 1 is 1.15 bits per heavy atom. The van der Waals surface area contributed by atoms with Crippen LogP contribution in [0.4, 0.5) is 0 Å². The molecule has 0 aliphatic rings. The first-order valence-corrected chi connectivity index (χ1v) is 5.61. The number of thiol groups is 1. The Labute approximate surface area is 87.4 Å². The van der Waals surface area contributed by atoms with Crippen molar-refractivity contribution in [2.45, 2.75) is 11.3 Å². The molecule has 1 rings (SSSR count). The number of hydrogen-bond donors (Lipinski definition) is 3. The molecule has 0 saturated heterocycles. The number of phenols is 2. The average molecular weight is 216 g/mol. The molecule has 0 atom stereocenters. The second-order valence-electron chi connectivity index (χ2n) is 2.61. The van der Waals surface area contributed by atoms with E-state index in [0.29, 0.717) is 0 Å². The Morgan fingerprint density at radius 3 is 2.31 bits per heavy atom. The summed E-state index contributed by atoms with van der Waals surface area (Å²) < 4.78 is 0. The van der Waals surface area contributed by atoms with Crippen LogP contribution in [0.2, 0.25) is 0 Å². The van der Waals surface area contributed by atoms with Crippen LogP contribution in [0.5, 0.6) is 11.5 Å². The van der Waals surface area contributed by atoms with Gasteiger partial charge in [0.25, 0.3) is 0 Å². The Hall–Kier alpha value is -0.480. The summed E-state index contributed by atoms with van der Waals surface area (Å²) in [5, 5.41) is 18.3. The third-order valence-electron chi connectivity index (χ3n) is 1.45. The smallest absolute Gasteiger partial charge is 0.120 e. The zero-order valence-corrected chi connectivity index (χ0v) is 8.81. The van der Waals surface area contributed by atoms with Crippen LogP contribution in [-0.4, -0.2) is 21.7 Å². The standard InChI is InChI=1S/C9H12O2S2/c10-7-4-8(11)6-9(5-7)13-3-1-2-12/h4-6,10-12H,1-3H2. The maximum Gasteiger partial charge on any atom is 0.120 e. The summed E-state index contributed by atoms with van der Waals surface area (Å²) in [5.41, 5.74) is 0. The highest BCUT2D eigenvalue weighted by molar-refractivity contribution is 7.99. The molecule has 0 heterocycles. The number of benzene rings is 1. The molecule has 0 aromatic heterocycles. The molecule has 0 radical (unpaired) electrons. The molecule has 0 aliphatic heterocycles. The Morgan fingerprint density at radius 2 is 1.77 bits per heavy atom. The minimum Gasteiger partial charge on any atom is -0.508 e. The van der Waals surface area contributed by atoms with Crippen molar-refractivity contribution in [1.82, 2.24) is 0 Å². The monoisotopic (exact) mass is 216 g/mol. The molecular weight excluding hydrogens is 204 g/mol. The Balaban J connectivity index is 2.56. The molecule has 72 valence electrons.